The SMILES string of the molecule is c1ccc(-c2nc(-c3ccccc3)nc(-c3cccc4c3sc3c(-c5ccc6c(c5)oc5cc(-n7c8ccccc8c8ccccc87)ccc56)cccc34)n2)cc1. The maximum Gasteiger partial charge on any atom is 0.165 e. The maximum atomic E-state index is 6.69. The zero-order chi connectivity index (χ0) is 37.5. The third kappa shape index (κ3) is 5.04. The zero-order valence-corrected chi connectivity index (χ0v) is 31.2. The van der Waals surface area contributed by atoms with Crippen molar-refractivity contribution in [3.05, 3.63) is 182 Å². The maximum absolute atomic E-state index is 6.69. The fraction of sp³-hybridized carbons (Fsp3) is 0. The highest BCUT2D eigenvalue weighted by atomic mass is 32.1. The number of furan rings is 1. The first-order valence-corrected chi connectivity index (χ1v) is 19.8. The highest BCUT2D eigenvalue weighted by Crippen LogP contribution is 2.45. The van der Waals surface area contributed by atoms with E-state index in [4.69, 9.17) is 19.4 Å². The molecule has 4 aromatic heterocycles. The summed E-state index contributed by atoms with van der Waals surface area (Å²) < 4.78 is 11.4. The van der Waals surface area contributed by atoms with Crippen molar-refractivity contribution < 1.29 is 4.42 Å². The Kier molecular flexibility index (Phi) is 7.03. The number of nitrogens with zero attached hydrogens (tertiary/aromatic N) is 4. The highest BCUT2D eigenvalue weighted by molar-refractivity contribution is 7.26. The molecule has 0 N–H and O–H groups in total. The van der Waals surface area contributed by atoms with Crippen molar-refractivity contribution in [2.75, 3.05) is 0 Å². The van der Waals surface area contributed by atoms with Crippen LogP contribution in [-0.2, 0) is 0 Å². The van der Waals surface area contributed by atoms with Gasteiger partial charge in [0.25, 0.3) is 0 Å². The molecule has 0 unspecified atom stereocenters. The first kappa shape index (κ1) is 31.9. The Balaban J connectivity index is 0.991. The van der Waals surface area contributed by atoms with Gasteiger partial charge in [0, 0.05) is 70.2 Å². The molecule has 0 amide bonds. The van der Waals surface area contributed by atoms with Crippen LogP contribution in [0.4, 0.5) is 0 Å². The summed E-state index contributed by atoms with van der Waals surface area (Å²) >= 11 is 1.79. The third-order valence-corrected chi connectivity index (χ3v) is 12.4. The van der Waals surface area contributed by atoms with Crippen LogP contribution in [0.15, 0.2) is 186 Å². The van der Waals surface area contributed by atoms with E-state index in [2.05, 4.69) is 126 Å². The van der Waals surface area contributed by atoms with Crippen LogP contribution in [0, 0.1) is 0 Å². The van der Waals surface area contributed by atoms with Crippen molar-refractivity contribution in [2.24, 2.45) is 0 Å². The van der Waals surface area contributed by atoms with Crippen LogP contribution in [0.3, 0.4) is 0 Å². The lowest BCUT2D eigenvalue weighted by atomic mass is 10.0. The molecule has 4 heterocycles. The second-order valence-corrected chi connectivity index (χ2v) is 15.4. The van der Waals surface area contributed by atoms with E-state index in [9.17, 15) is 0 Å². The van der Waals surface area contributed by atoms with Crippen LogP contribution in [0.5, 0.6) is 0 Å². The Morgan fingerprint density at radius 2 is 0.877 bits per heavy atom. The normalized spacial score (nSPS) is 11.9. The average molecular weight is 747 g/mol. The summed E-state index contributed by atoms with van der Waals surface area (Å²) in [5.41, 5.74) is 10.3. The molecule has 0 saturated carbocycles. The minimum atomic E-state index is 0.652. The summed E-state index contributed by atoms with van der Waals surface area (Å²) in [4.78, 5) is 15.1. The molecule has 0 fully saturated rings. The van der Waals surface area contributed by atoms with E-state index in [0.717, 1.165) is 54.6 Å². The number of thiophene rings is 1. The highest BCUT2D eigenvalue weighted by Gasteiger charge is 2.19. The summed E-state index contributed by atoms with van der Waals surface area (Å²) in [6.45, 7) is 0. The Hall–Kier alpha value is -7.41. The van der Waals surface area contributed by atoms with Gasteiger partial charge < -0.3 is 8.98 Å². The molecule has 57 heavy (non-hydrogen) atoms. The van der Waals surface area contributed by atoms with Crippen molar-refractivity contribution in [1.29, 1.82) is 0 Å². The van der Waals surface area contributed by atoms with Crippen molar-refractivity contribution in [2.45, 2.75) is 0 Å². The lowest BCUT2D eigenvalue weighted by Crippen LogP contribution is -2.00. The molecule has 6 heteroatoms. The monoisotopic (exact) mass is 746 g/mol. The predicted octanol–water partition coefficient (Wildman–Crippen LogP) is 13.9. The molecule has 0 radical (unpaired) electrons. The minimum absolute atomic E-state index is 0.652. The van der Waals surface area contributed by atoms with E-state index < -0.39 is 0 Å². The Morgan fingerprint density at radius 1 is 0.368 bits per heavy atom. The van der Waals surface area contributed by atoms with E-state index in [1.807, 2.05) is 60.7 Å². The number of hydrogen-bond donors (Lipinski definition) is 0. The Labute approximate surface area is 330 Å². The van der Waals surface area contributed by atoms with Gasteiger partial charge in [0.1, 0.15) is 11.2 Å². The number of rotatable bonds is 5. The van der Waals surface area contributed by atoms with E-state index in [0.29, 0.717) is 17.5 Å². The molecular weight excluding hydrogens is 717 g/mol. The average Bonchev–Trinajstić information content (AvgIpc) is 3.96. The van der Waals surface area contributed by atoms with Gasteiger partial charge in [-0.05, 0) is 53.6 Å². The lowest BCUT2D eigenvalue weighted by molar-refractivity contribution is 0.669. The first-order valence-electron chi connectivity index (χ1n) is 19.0. The number of para-hydroxylation sites is 2. The molecule has 0 spiro atoms. The van der Waals surface area contributed by atoms with Crippen LogP contribution in [0.25, 0.3) is 115 Å². The van der Waals surface area contributed by atoms with Crippen molar-refractivity contribution >= 4 is 75.3 Å². The molecule has 0 bridgehead atoms. The fourth-order valence-electron chi connectivity index (χ4n) is 8.43. The summed E-state index contributed by atoms with van der Waals surface area (Å²) in [7, 11) is 0. The molecule has 0 atom stereocenters. The van der Waals surface area contributed by atoms with Crippen LogP contribution in [-0.4, -0.2) is 19.5 Å². The van der Waals surface area contributed by atoms with Crippen LogP contribution < -0.4 is 0 Å². The van der Waals surface area contributed by atoms with Gasteiger partial charge in [-0.25, -0.2) is 15.0 Å². The van der Waals surface area contributed by atoms with Gasteiger partial charge in [-0.3, -0.25) is 0 Å². The number of benzene rings is 8. The van der Waals surface area contributed by atoms with E-state index >= 15 is 0 Å². The minimum Gasteiger partial charge on any atom is -0.456 e. The number of aromatic nitrogens is 4. The largest absolute Gasteiger partial charge is 0.456 e. The van der Waals surface area contributed by atoms with E-state index in [-0.39, 0.29) is 0 Å². The zero-order valence-electron chi connectivity index (χ0n) is 30.4. The van der Waals surface area contributed by atoms with Crippen LogP contribution >= 0.6 is 11.3 Å². The lowest BCUT2D eigenvalue weighted by Gasteiger charge is -2.09. The topological polar surface area (TPSA) is 56.7 Å². The second kappa shape index (κ2) is 12.6. The second-order valence-electron chi connectivity index (χ2n) is 14.4. The summed E-state index contributed by atoms with van der Waals surface area (Å²) in [5, 5.41) is 7.08. The summed E-state index contributed by atoms with van der Waals surface area (Å²) in [6.07, 6.45) is 0. The van der Waals surface area contributed by atoms with Gasteiger partial charge in [0.15, 0.2) is 17.5 Å². The van der Waals surface area contributed by atoms with Gasteiger partial charge in [-0.1, -0.05) is 133 Å². The Bertz CT molecular complexity index is 3420. The molecule has 0 aliphatic rings. The Morgan fingerprint density at radius 3 is 1.53 bits per heavy atom. The molecule has 8 aromatic carbocycles. The predicted molar refractivity (Wildman–Crippen MR) is 236 cm³/mol. The first-order chi connectivity index (χ1) is 28.2. The fourth-order valence-corrected chi connectivity index (χ4v) is 9.77. The molecule has 5 nitrogen and oxygen atoms in total. The molecule has 12 aromatic rings. The summed E-state index contributed by atoms with van der Waals surface area (Å²) in [5.74, 6) is 1.96. The van der Waals surface area contributed by atoms with Gasteiger partial charge in [0.05, 0.1) is 11.0 Å². The van der Waals surface area contributed by atoms with Gasteiger partial charge in [-0.15, -0.1) is 11.3 Å². The third-order valence-electron chi connectivity index (χ3n) is 11.1. The molecule has 12 rings (SSSR count). The van der Waals surface area contributed by atoms with E-state index in [1.54, 1.807) is 11.3 Å². The molecule has 266 valence electrons. The van der Waals surface area contributed by atoms with Crippen molar-refractivity contribution in [1.82, 2.24) is 19.5 Å². The van der Waals surface area contributed by atoms with Gasteiger partial charge >= 0.3 is 0 Å². The molecule has 0 aliphatic heterocycles. The van der Waals surface area contributed by atoms with E-state index in [1.165, 1.54) is 42.8 Å². The van der Waals surface area contributed by atoms with Gasteiger partial charge in [-0.2, -0.15) is 0 Å². The van der Waals surface area contributed by atoms with Crippen LogP contribution in [0.1, 0.15) is 0 Å². The molecular formula is C51H30N4OS. The van der Waals surface area contributed by atoms with Crippen molar-refractivity contribution in [3.63, 3.8) is 0 Å². The van der Waals surface area contributed by atoms with Gasteiger partial charge in [0.2, 0.25) is 0 Å². The molecule has 0 saturated heterocycles. The number of fused-ring (bicyclic) bond motifs is 9. The molecule has 0 aliphatic carbocycles. The smallest absolute Gasteiger partial charge is 0.165 e. The standard InChI is InChI=1S/C51H30N4OS/c1-3-13-31(14-4-1)49-52-50(32-15-5-2-6-16-32)54-51(53-49)42-22-12-21-41-40-20-11-19-35(47(40)57-48(41)42)33-25-27-38-39-28-26-34(30-46(39)56-45(38)29-33)55-43-23-9-7-17-36(43)37-18-8-10-24-44(37)55/h1-30H. The van der Waals surface area contributed by atoms with Crippen molar-refractivity contribution in [3.8, 4) is 51.0 Å². The quantitative estimate of drug-likeness (QED) is 0.176. The van der Waals surface area contributed by atoms with Crippen LogP contribution in [0.2, 0.25) is 0 Å². The summed E-state index contributed by atoms with van der Waals surface area (Å²) in [6, 6.07) is 63.7. The number of hydrogen-bond acceptors (Lipinski definition) is 5.